The van der Waals surface area contributed by atoms with Crippen molar-refractivity contribution in [2.75, 3.05) is 6.61 Å². The van der Waals surface area contributed by atoms with Crippen molar-refractivity contribution in [1.82, 2.24) is 0 Å². The predicted octanol–water partition coefficient (Wildman–Crippen LogP) is 4.59. The first-order chi connectivity index (χ1) is 13.3. The van der Waals surface area contributed by atoms with Crippen molar-refractivity contribution in [2.24, 2.45) is 4.74 Å². The van der Waals surface area contributed by atoms with E-state index in [0.29, 0.717) is 11.5 Å². The Bertz CT molecular complexity index is 1010. The highest BCUT2D eigenvalue weighted by Gasteiger charge is 2.37. The third-order valence-corrected chi connectivity index (χ3v) is 7.98. The first-order valence-electron chi connectivity index (χ1n) is 8.58. The summed E-state index contributed by atoms with van der Waals surface area (Å²) in [5, 5.41) is 2.79. The van der Waals surface area contributed by atoms with E-state index in [-0.39, 0.29) is 6.61 Å². The number of benzene rings is 3. The average Bonchev–Trinajstić information content (AvgIpc) is 2.72. The smallest absolute Gasteiger partial charge is 0.433 e. The first kappa shape index (κ1) is 17.3. The van der Waals surface area contributed by atoms with Gasteiger partial charge in [-0.05, 0) is 24.3 Å². The zero-order valence-electron chi connectivity index (χ0n) is 14.6. The van der Waals surface area contributed by atoms with Crippen LogP contribution in [0.25, 0.3) is 0 Å². The van der Waals surface area contributed by atoms with Crippen LogP contribution in [0, 0.1) is 0 Å². The molecule has 0 bridgehead atoms. The molecule has 0 unspecified atom stereocenters. The number of fused-ring (bicyclic) bond motifs is 2. The molecule has 27 heavy (non-hydrogen) atoms. The zero-order chi connectivity index (χ0) is 18.7. The molecule has 4 nitrogen and oxygen atoms in total. The summed E-state index contributed by atoms with van der Waals surface area (Å²) in [6, 6.07) is 25.4. The van der Waals surface area contributed by atoms with Crippen LogP contribution in [0.2, 0.25) is 0 Å². The van der Waals surface area contributed by atoms with Crippen molar-refractivity contribution >= 4 is 29.1 Å². The van der Waals surface area contributed by atoms with Crippen molar-refractivity contribution in [1.29, 1.82) is 0 Å². The molecule has 0 N–H and O–H groups in total. The number of para-hydroxylation sites is 2. The van der Waals surface area contributed by atoms with E-state index in [1.165, 1.54) is 6.08 Å². The highest BCUT2D eigenvalue weighted by Crippen LogP contribution is 2.54. The third-order valence-electron chi connectivity index (χ3n) is 4.33. The minimum Gasteiger partial charge on any atom is -0.456 e. The maximum atomic E-state index is 12.6. The van der Waals surface area contributed by atoms with Crippen LogP contribution in [-0.4, -0.2) is 12.7 Å². The lowest BCUT2D eigenvalue weighted by molar-refractivity contribution is 0.170. The summed E-state index contributed by atoms with van der Waals surface area (Å²) >= 11 is 0. The Kier molecular flexibility index (Phi) is 4.66. The molecule has 0 saturated heterocycles. The van der Waals surface area contributed by atoms with E-state index >= 15 is 0 Å². The van der Waals surface area contributed by atoms with Gasteiger partial charge in [0, 0.05) is 15.9 Å². The molecule has 1 aliphatic rings. The summed E-state index contributed by atoms with van der Waals surface area (Å²) in [6.45, 7) is 3.72. The van der Waals surface area contributed by atoms with Gasteiger partial charge in [-0.2, -0.15) is 4.74 Å². The average molecular weight is 375 g/mol. The lowest BCUT2D eigenvalue weighted by Gasteiger charge is -2.33. The van der Waals surface area contributed by atoms with Crippen molar-refractivity contribution in [3.63, 3.8) is 0 Å². The molecule has 1 amide bonds. The van der Waals surface area contributed by atoms with E-state index in [1.807, 2.05) is 78.9 Å². The van der Waals surface area contributed by atoms with E-state index in [0.717, 1.165) is 15.9 Å². The van der Waals surface area contributed by atoms with Gasteiger partial charge in [0.15, 0.2) is 0 Å². The molecule has 1 heterocycles. The zero-order valence-corrected chi connectivity index (χ0v) is 15.5. The molecule has 3 aromatic rings. The van der Waals surface area contributed by atoms with Crippen molar-refractivity contribution < 1.29 is 14.3 Å². The summed E-state index contributed by atoms with van der Waals surface area (Å²) in [5.74, 6) is 1.43. The fraction of sp³-hybridized carbons (Fsp3) is 0.0455. The Hall–Kier alpha value is -3.10. The number of carbonyl (C=O) groups excluding carboxylic acids is 1. The summed E-state index contributed by atoms with van der Waals surface area (Å²) in [7, 11) is -2.63. The van der Waals surface area contributed by atoms with Crippen LogP contribution in [0.5, 0.6) is 11.5 Å². The molecule has 5 heteroatoms. The summed E-state index contributed by atoms with van der Waals surface area (Å²) in [6.07, 6.45) is 0.936. The number of rotatable bonds is 3. The van der Waals surface area contributed by atoms with Crippen LogP contribution < -0.4 is 20.7 Å². The molecule has 0 aliphatic carbocycles. The number of nitrogens with zero attached hydrogens (tertiary/aromatic N) is 1. The van der Waals surface area contributed by atoms with E-state index < -0.39 is 13.1 Å². The summed E-state index contributed by atoms with van der Waals surface area (Å²) < 4.78 is 16.0. The topological polar surface area (TPSA) is 47.9 Å². The minimum absolute atomic E-state index is 0.122. The highest BCUT2D eigenvalue weighted by atomic mass is 31.2. The quantitative estimate of drug-likeness (QED) is 0.389. The van der Waals surface area contributed by atoms with Crippen LogP contribution in [0.1, 0.15) is 0 Å². The Labute approximate surface area is 158 Å². The van der Waals surface area contributed by atoms with Crippen LogP contribution in [0.3, 0.4) is 0 Å². The van der Waals surface area contributed by atoms with Gasteiger partial charge in [-0.15, -0.1) is 0 Å². The SMILES string of the molecule is C=CCOC(=O)N=P1(c2ccccc2)c2ccccc2Oc2ccccc21. The van der Waals surface area contributed by atoms with Gasteiger partial charge in [0.1, 0.15) is 18.1 Å². The number of amides is 1. The van der Waals surface area contributed by atoms with Gasteiger partial charge in [-0.1, -0.05) is 67.3 Å². The lowest BCUT2D eigenvalue weighted by atomic mass is 10.3. The summed E-state index contributed by atoms with van der Waals surface area (Å²) in [5.41, 5.74) is 0. The summed E-state index contributed by atoms with van der Waals surface area (Å²) in [4.78, 5) is 12.6. The molecule has 0 aromatic heterocycles. The second kappa shape index (κ2) is 7.26. The first-order valence-corrected chi connectivity index (χ1v) is 10.3. The standard InChI is InChI=1S/C22H18NO3P/c1-2-16-25-22(24)23-27(17-10-4-3-5-11-17)20-14-8-6-12-18(20)26-19-13-7-9-15-21(19)27/h2-15H,1,16H2. The number of hydrogen-bond donors (Lipinski definition) is 0. The molecule has 4 rings (SSSR count). The molecule has 0 saturated carbocycles. The van der Waals surface area contributed by atoms with Gasteiger partial charge in [-0.25, -0.2) is 4.79 Å². The molecule has 3 aromatic carbocycles. The molecule has 0 atom stereocenters. The lowest BCUT2D eigenvalue weighted by Crippen LogP contribution is -2.31. The van der Waals surface area contributed by atoms with Crippen LogP contribution in [0.4, 0.5) is 4.79 Å². The highest BCUT2D eigenvalue weighted by molar-refractivity contribution is 7.88. The van der Waals surface area contributed by atoms with Crippen molar-refractivity contribution in [2.45, 2.75) is 0 Å². The molecule has 0 fully saturated rings. The molecular weight excluding hydrogens is 357 g/mol. The fourth-order valence-electron chi connectivity index (χ4n) is 3.24. The monoisotopic (exact) mass is 375 g/mol. The van der Waals surface area contributed by atoms with Gasteiger partial charge >= 0.3 is 6.09 Å². The van der Waals surface area contributed by atoms with Gasteiger partial charge in [0.25, 0.3) is 0 Å². The van der Waals surface area contributed by atoms with Crippen LogP contribution in [-0.2, 0) is 4.74 Å². The van der Waals surface area contributed by atoms with Gasteiger partial charge < -0.3 is 9.47 Å². The Morgan fingerprint density at radius 3 is 2.07 bits per heavy atom. The minimum atomic E-state index is -2.63. The molecule has 1 aliphatic heterocycles. The molecular formula is C22H18NO3P. The Balaban J connectivity index is 2.09. The van der Waals surface area contributed by atoms with E-state index in [9.17, 15) is 4.79 Å². The predicted molar refractivity (Wildman–Crippen MR) is 109 cm³/mol. The van der Waals surface area contributed by atoms with Gasteiger partial charge in [0.2, 0.25) is 0 Å². The van der Waals surface area contributed by atoms with Crippen molar-refractivity contribution in [3.05, 3.63) is 91.5 Å². The Morgan fingerprint density at radius 1 is 0.926 bits per heavy atom. The number of carbonyl (C=O) groups is 1. The second-order valence-corrected chi connectivity index (χ2v) is 8.92. The molecule has 0 spiro atoms. The number of ether oxygens (including phenoxy) is 2. The second-order valence-electron chi connectivity index (χ2n) is 5.97. The molecule has 0 radical (unpaired) electrons. The van der Waals surface area contributed by atoms with E-state index in [2.05, 4.69) is 11.3 Å². The fourth-order valence-corrected chi connectivity index (χ4v) is 6.77. The largest absolute Gasteiger partial charge is 0.456 e. The maximum Gasteiger partial charge on any atom is 0.433 e. The van der Waals surface area contributed by atoms with Gasteiger partial charge in [-0.3, -0.25) is 0 Å². The van der Waals surface area contributed by atoms with Crippen molar-refractivity contribution in [3.8, 4) is 11.5 Å². The maximum absolute atomic E-state index is 12.6. The third kappa shape index (κ3) is 2.98. The van der Waals surface area contributed by atoms with Gasteiger partial charge in [0.05, 0.1) is 7.05 Å². The van der Waals surface area contributed by atoms with Crippen LogP contribution >= 0.6 is 7.05 Å². The molecule has 134 valence electrons. The number of hydrogen-bond acceptors (Lipinski definition) is 3. The normalized spacial score (nSPS) is 13.5. The van der Waals surface area contributed by atoms with E-state index in [4.69, 9.17) is 9.47 Å². The van der Waals surface area contributed by atoms with Crippen LogP contribution in [0.15, 0.2) is 96.3 Å². The Morgan fingerprint density at radius 2 is 1.48 bits per heavy atom. The van der Waals surface area contributed by atoms with E-state index in [1.54, 1.807) is 0 Å².